The molecule has 0 heterocycles. The van der Waals surface area contributed by atoms with Gasteiger partial charge in [0.1, 0.15) is 5.82 Å². The maximum absolute atomic E-state index is 12.8. The number of anilines is 1. The normalized spacial score (nSPS) is 10.1. The summed E-state index contributed by atoms with van der Waals surface area (Å²) in [5, 5.41) is 0. The first-order valence-electron chi connectivity index (χ1n) is 5.72. The Balaban J connectivity index is 2.06. The van der Waals surface area contributed by atoms with E-state index in [-0.39, 0.29) is 18.1 Å². The quantitative estimate of drug-likeness (QED) is 0.769. The Bertz CT molecular complexity index is 522. The first kappa shape index (κ1) is 12.3. The molecule has 0 saturated heterocycles. The highest BCUT2D eigenvalue weighted by Crippen LogP contribution is 2.12. The number of para-hydroxylation sites is 1. The number of ketones is 1. The number of hydrogen-bond donors (Lipinski definition) is 0. The van der Waals surface area contributed by atoms with E-state index in [1.807, 2.05) is 42.3 Å². The molecule has 0 saturated carbocycles. The maximum Gasteiger partial charge on any atom is 0.182 e. The zero-order valence-corrected chi connectivity index (χ0v) is 10.1. The van der Waals surface area contributed by atoms with Gasteiger partial charge in [-0.15, -0.1) is 0 Å². The van der Waals surface area contributed by atoms with Crippen molar-refractivity contribution in [2.24, 2.45) is 0 Å². The van der Waals surface area contributed by atoms with Gasteiger partial charge in [-0.3, -0.25) is 4.79 Å². The number of carbonyl (C=O) groups excluding carboxylic acids is 1. The summed E-state index contributed by atoms with van der Waals surface area (Å²) in [6.07, 6.45) is 0. The molecule has 2 aromatic carbocycles. The van der Waals surface area contributed by atoms with Gasteiger partial charge < -0.3 is 4.90 Å². The summed E-state index contributed by atoms with van der Waals surface area (Å²) >= 11 is 0. The molecule has 0 aliphatic heterocycles. The van der Waals surface area contributed by atoms with Crippen LogP contribution in [-0.2, 0) is 0 Å². The number of Topliss-reactive ketones (excluding diaryl/α,β-unsaturated/α-hetero) is 1. The van der Waals surface area contributed by atoms with Crippen molar-refractivity contribution in [3.63, 3.8) is 0 Å². The van der Waals surface area contributed by atoms with E-state index in [4.69, 9.17) is 0 Å². The molecule has 0 fully saturated rings. The molecule has 0 radical (unpaired) electrons. The van der Waals surface area contributed by atoms with E-state index in [0.717, 1.165) is 5.69 Å². The van der Waals surface area contributed by atoms with Gasteiger partial charge in [0.25, 0.3) is 0 Å². The van der Waals surface area contributed by atoms with E-state index in [9.17, 15) is 9.18 Å². The van der Waals surface area contributed by atoms with Crippen LogP contribution in [0.15, 0.2) is 54.6 Å². The van der Waals surface area contributed by atoms with E-state index < -0.39 is 0 Å². The van der Waals surface area contributed by atoms with Crippen LogP contribution in [0.2, 0.25) is 0 Å². The largest absolute Gasteiger partial charge is 0.367 e. The van der Waals surface area contributed by atoms with Crippen LogP contribution in [0.25, 0.3) is 0 Å². The summed E-state index contributed by atoms with van der Waals surface area (Å²) in [7, 11) is 1.86. The van der Waals surface area contributed by atoms with Gasteiger partial charge in [0, 0.05) is 18.3 Å². The summed E-state index contributed by atoms with van der Waals surface area (Å²) in [5.41, 5.74) is 1.51. The Morgan fingerprint density at radius 2 is 1.67 bits per heavy atom. The summed E-state index contributed by atoms with van der Waals surface area (Å²) in [5.74, 6) is -0.357. The molecule has 0 aliphatic rings. The van der Waals surface area contributed by atoms with Gasteiger partial charge in [0.05, 0.1) is 6.54 Å². The second kappa shape index (κ2) is 5.45. The average molecular weight is 243 g/mol. The molecule has 2 rings (SSSR count). The molecule has 0 spiro atoms. The highest BCUT2D eigenvalue weighted by Gasteiger charge is 2.09. The summed E-state index contributed by atoms with van der Waals surface area (Å²) in [4.78, 5) is 13.8. The summed E-state index contributed by atoms with van der Waals surface area (Å²) in [6.45, 7) is 0.273. The smallest absolute Gasteiger partial charge is 0.182 e. The van der Waals surface area contributed by atoms with Crippen LogP contribution in [0.3, 0.4) is 0 Å². The van der Waals surface area contributed by atoms with E-state index in [0.29, 0.717) is 5.56 Å². The number of hydrogen-bond acceptors (Lipinski definition) is 2. The van der Waals surface area contributed by atoms with E-state index in [1.165, 1.54) is 24.3 Å². The highest BCUT2D eigenvalue weighted by atomic mass is 19.1. The lowest BCUT2D eigenvalue weighted by atomic mass is 10.1. The second-order valence-corrected chi connectivity index (χ2v) is 4.12. The number of likely N-dealkylation sites (N-methyl/N-ethyl adjacent to an activating group) is 1. The topological polar surface area (TPSA) is 20.3 Å². The lowest BCUT2D eigenvalue weighted by Gasteiger charge is -2.18. The van der Waals surface area contributed by atoms with Crippen molar-refractivity contribution in [1.82, 2.24) is 0 Å². The van der Waals surface area contributed by atoms with Crippen molar-refractivity contribution in [3.8, 4) is 0 Å². The van der Waals surface area contributed by atoms with Gasteiger partial charge in [-0.05, 0) is 36.4 Å². The Kier molecular flexibility index (Phi) is 3.72. The number of nitrogens with zero attached hydrogens (tertiary/aromatic N) is 1. The summed E-state index contributed by atoms with van der Waals surface area (Å²) < 4.78 is 12.8. The lowest BCUT2D eigenvalue weighted by molar-refractivity contribution is 0.100. The predicted octanol–water partition coefficient (Wildman–Crippen LogP) is 3.14. The minimum Gasteiger partial charge on any atom is -0.367 e. The molecule has 0 N–H and O–H groups in total. The fourth-order valence-electron chi connectivity index (χ4n) is 1.72. The van der Waals surface area contributed by atoms with Crippen LogP contribution in [0.1, 0.15) is 10.4 Å². The Morgan fingerprint density at radius 3 is 2.28 bits per heavy atom. The summed E-state index contributed by atoms with van der Waals surface area (Å²) in [6, 6.07) is 15.3. The van der Waals surface area contributed by atoms with Crippen molar-refractivity contribution in [2.75, 3.05) is 18.5 Å². The standard InChI is InChI=1S/C15H14FNO/c1-17(14-5-3-2-4-6-14)11-15(18)12-7-9-13(16)10-8-12/h2-10H,11H2,1H3. The number of benzene rings is 2. The van der Waals surface area contributed by atoms with Gasteiger partial charge in [-0.1, -0.05) is 18.2 Å². The molecule has 0 amide bonds. The molecule has 92 valence electrons. The Labute approximate surface area is 106 Å². The first-order chi connectivity index (χ1) is 8.66. The van der Waals surface area contributed by atoms with Gasteiger partial charge in [0.2, 0.25) is 0 Å². The molecule has 0 atom stereocenters. The zero-order valence-electron chi connectivity index (χ0n) is 10.1. The molecular formula is C15H14FNO. The first-order valence-corrected chi connectivity index (χ1v) is 5.72. The molecule has 2 aromatic rings. The molecule has 0 aromatic heterocycles. The molecule has 0 aliphatic carbocycles. The monoisotopic (exact) mass is 243 g/mol. The maximum atomic E-state index is 12.8. The second-order valence-electron chi connectivity index (χ2n) is 4.12. The zero-order chi connectivity index (χ0) is 13.0. The molecule has 0 bridgehead atoms. The van der Waals surface area contributed by atoms with Crippen LogP contribution >= 0.6 is 0 Å². The Morgan fingerprint density at radius 1 is 1.06 bits per heavy atom. The lowest BCUT2D eigenvalue weighted by Crippen LogP contribution is -2.25. The molecule has 2 nitrogen and oxygen atoms in total. The molecule has 3 heteroatoms. The van der Waals surface area contributed by atoms with E-state index in [1.54, 1.807) is 0 Å². The van der Waals surface area contributed by atoms with Crippen LogP contribution in [-0.4, -0.2) is 19.4 Å². The van der Waals surface area contributed by atoms with Crippen LogP contribution < -0.4 is 4.90 Å². The SMILES string of the molecule is CN(CC(=O)c1ccc(F)cc1)c1ccccc1. The van der Waals surface area contributed by atoms with E-state index in [2.05, 4.69) is 0 Å². The fraction of sp³-hybridized carbons (Fsp3) is 0.133. The number of halogens is 1. The van der Waals surface area contributed by atoms with Gasteiger partial charge in [-0.2, -0.15) is 0 Å². The minimum absolute atomic E-state index is 0.0265. The van der Waals surface area contributed by atoms with Crippen molar-refractivity contribution >= 4 is 11.5 Å². The van der Waals surface area contributed by atoms with Crippen molar-refractivity contribution in [1.29, 1.82) is 0 Å². The highest BCUT2D eigenvalue weighted by molar-refractivity contribution is 5.99. The van der Waals surface area contributed by atoms with Crippen molar-refractivity contribution in [3.05, 3.63) is 66.0 Å². The molecular weight excluding hydrogens is 229 g/mol. The van der Waals surface area contributed by atoms with Crippen LogP contribution in [0.5, 0.6) is 0 Å². The van der Waals surface area contributed by atoms with Gasteiger partial charge >= 0.3 is 0 Å². The third-order valence-electron chi connectivity index (χ3n) is 2.74. The van der Waals surface area contributed by atoms with Crippen LogP contribution in [0, 0.1) is 5.82 Å². The average Bonchev–Trinajstić information content (AvgIpc) is 2.40. The van der Waals surface area contributed by atoms with Gasteiger partial charge in [-0.25, -0.2) is 4.39 Å². The third-order valence-corrected chi connectivity index (χ3v) is 2.74. The molecule has 18 heavy (non-hydrogen) atoms. The molecule has 0 unspecified atom stereocenters. The van der Waals surface area contributed by atoms with Crippen molar-refractivity contribution < 1.29 is 9.18 Å². The number of rotatable bonds is 4. The Hall–Kier alpha value is -2.16. The fourth-order valence-corrected chi connectivity index (χ4v) is 1.72. The van der Waals surface area contributed by atoms with Crippen LogP contribution in [0.4, 0.5) is 10.1 Å². The number of carbonyl (C=O) groups is 1. The minimum atomic E-state index is -0.331. The van der Waals surface area contributed by atoms with E-state index >= 15 is 0 Å². The van der Waals surface area contributed by atoms with Gasteiger partial charge in [0.15, 0.2) is 5.78 Å². The van der Waals surface area contributed by atoms with Crippen molar-refractivity contribution in [2.45, 2.75) is 0 Å². The predicted molar refractivity (Wildman–Crippen MR) is 70.4 cm³/mol. The third kappa shape index (κ3) is 2.94.